The zero-order valence-electron chi connectivity index (χ0n) is 16.7. The lowest BCUT2D eigenvalue weighted by Crippen LogP contribution is -2.51. The number of nitrogens with zero attached hydrogens (tertiary/aromatic N) is 1. The Bertz CT molecular complexity index is 786. The van der Waals surface area contributed by atoms with Gasteiger partial charge in [0.1, 0.15) is 11.4 Å². The van der Waals surface area contributed by atoms with E-state index < -0.39 is 5.60 Å². The molecule has 7 nitrogen and oxygen atoms in total. The molecule has 0 aromatic heterocycles. The first-order valence-electron chi connectivity index (χ1n) is 10.7. The number of hydrogen-bond donors (Lipinski definition) is 2. The number of carbonyl (C=O) groups is 3. The summed E-state index contributed by atoms with van der Waals surface area (Å²) in [5.74, 6) is 0.809. The fourth-order valence-corrected chi connectivity index (χ4v) is 4.59. The summed E-state index contributed by atoms with van der Waals surface area (Å²) in [5, 5.41) is 6.13. The van der Waals surface area contributed by atoms with Crippen molar-refractivity contribution in [2.75, 3.05) is 19.6 Å². The largest absolute Gasteiger partial charge is 0.485 e. The molecule has 1 saturated carbocycles. The van der Waals surface area contributed by atoms with E-state index in [9.17, 15) is 14.4 Å². The van der Waals surface area contributed by atoms with Crippen LogP contribution in [0.3, 0.4) is 0 Å². The van der Waals surface area contributed by atoms with Crippen LogP contribution in [0, 0.1) is 0 Å². The Morgan fingerprint density at radius 3 is 2.79 bits per heavy atom. The lowest BCUT2D eigenvalue weighted by atomic mass is 9.81. The highest BCUT2D eigenvalue weighted by molar-refractivity contribution is 5.97. The van der Waals surface area contributed by atoms with Crippen LogP contribution in [0.1, 0.15) is 61.7 Å². The van der Waals surface area contributed by atoms with Gasteiger partial charge in [-0.25, -0.2) is 0 Å². The lowest BCUT2D eigenvalue weighted by molar-refractivity contribution is -0.128. The molecule has 29 heavy (non-hydrogen) atoms. The molecule has 0 atom stereocenters. The van der Waals surface area contributed by atoms with Crippen molar-refractivity contribution in [3.8, 4) is 5.75 Å². The third kappa shape index (κ3) is 4.54. The van der Waals surface area contributed by atoms with Crippen LogP contribution in [0.25, 0.3) is 0 Å². The molecule has 1 spiro atoms. The number of nitrogens with one attached hydrogen (secondary N) is 2. The van der Waals surface area contributed by atoms with E-state index in [1.54, 1.807) is 6.07 Å². The van der Waals surface area contributed by atoms with E-state index >= 15 is 0 Å². The Morgan fingerprint density at radius 1 is 1.24 bits per heavy atom. The molecule has 3 aliphatic rings. The number of benzene rings is 1. The maximum Gasteiger partial charge on any atom is 0.255 e. The van der Waals surface area contributed by atoms with Crippen LogP contribution in [0.15, 0.2) is 24.3 Å². The molecule has 1 aromatic carbocycles. The smallest absolute Gasteiger partial charge is 0.255 e. The van der Waals surface area contributed by atoms with E-state index in [4.69, 9.17) is 4.74 Å². The number of hydrogen-bond acceptors (Lipinski definition) is 4. The summed E-state index contributed by atoms with van der Waals surface area (Å²) in [7, 11) is 0. The Labute approximate surface area is 171 Å². The molecule has 0 bridgehead atoms. The zero-order valence-corrected chi connectivity index (χ0v) is 16.7. The first-order chi connectivity index (χ1) is 14.0. The van der Waals surface area contributed by atoms with Crippen LogP contribution < -0.4 is 15.4 Å². The molecular formula is C22H29N3O4. The summed E-state index contributed by atoms with van der Waals surface area (Å²) in [4.78, 5) is 38.1. The fraction of sp³-hybridized carbons (Fsp3) is 0.591. The normalized spacial score (nSPS) is 26.5. The van der Waals surface area contributed by atoms with Gasteiger partial charge in [0.25, 0.3) is 5.91 Å². The molecule has 0 unspecified atom stereocenters. The molecule has 4 rings (SSSR count). The standard InChI is InChI=1S/C22H29N3O4/c26-19(7-3-13-25-14-4-8-20(25)27)24-16-9-11-22(12-10-16)15-23-21(28)17-5-1-2-6-18(17)29-22/h1-2,5-6,16H,3-4,7-15H2,(H,23,28)(H,24,26). The molecule has 1 saturated heterocycles. The van der Waals surface area contributed by atoms with E-state index in [-0.39, 0.29) is 23.8 Å². The van der Waals surface area contributed by atoms with Crippen molar-refractivity contribution in [2.45, 2.75) is 63.0 Å². The SMILES string of the molecule is O=C(CCCN1CCCC1=O)NC1CCC2(CC1)CNC(=O)c1ccccc1O2. The van der Waals surface area contributed by atoms with Gasteiger partial charge in [-0.3, -0.25) is 14.4 Å². The van der Waals surface area contributed by atoms with E-state index in [1.165, 1.54) is 0 Å². The van der Waals surface area contributed by atoms with Gasteiger partial charge in [0, 0.05) is 32.0 Å². The van der Waals surface area contributed by atoms with Crippen LogP contribution in [0.2, 0.25) is 0 Å². The summed E-state index contributed by atoms with van der Waals surface area (Å²) >= 11 is 0. The van der Waals surface area contributed by atoms with E-state index in [0.29, 0.717) is 43.7 Å². The van der Waals surface area contributed by atoms with Gasteiger partial charge in [0.15, 0.2) is 0 Å². The van der Waals surface area contributed by atoms with Crippen molar-refractivity contribution in [1.29, 1.82) is 0 Å². The molecule has 2 aliphatic heterocycles. The van der Waals surface area contributed by atoms with Crippen molar-refractivity contribution in [2.24, 2.45) is 0 Å². The van der Waals surface area contributed by atoms with E-state index in [1.807, 2.05) is 23.1 Å². The third-order valence-electron chi connectivity index (χ3n) is 6.29. The van der Waals surface area contributed by atoms with Gasteiger partial charge in [-0.1, -0.05) is 12.1 Å². The summed E-state index contributed by atoms with van der Waals surface area (Å²) in [5.41, 5.74) is 0.177. The Kier molecular flexibility index (Phi) is 5.74. The lowest BCUT2D eigenvalue weighted by Gasteiger charge is -2.39. The van der Waals surface area contributed by atoms with Gasteiger partial charge in [-0.15, -0.1) is 0 Å². The van der Waals surface area contributed by atoms with Crippen LogP contribution in [0.4, 0.5) is 0 Å². The third-order valence-corrected chi connectivity index (χ3v) is 6.29. The van der Waals surface area contributed by atoms with Crippen molar-refractivity contribution < 1.29 is 19.1 Å². The highest BCUT2D eigenvalue weighted by atomic mass is 16.5. The number of likely N-dealkylation sites (tertiary alicyclic amines) is 1. The number of carbonyl (C=O) groups excluding carboxylic acids is 3. The van der Waals surface area contributed by atoms with Crippen molar-refractivity contribution in [3.05, 3.63) is 29.8 Å². The van der Waals surface area contributed by atoms with Gasteiger partial charge in [0.05, 0.1) is 12.1 Å². The van der Waals surface area contributed by atoms with Crippen LogP contribution in [-0.4, -0.2) is 53.9 Å². The fourth-order valence-electron chi connectivity index (χ4n) is 4.59. The Balaban J connectivity index is 1.24. The highest BCUT2D eigenvalue weighted by Crippen LogP contribution is 2.36. The number of amides is 3. The maximum absolute atomic E-state index is 12.3. The van der Waals surface area contributed by atoms with Crippen LogP contribution >= 0.6 is 0 Å². The minimum absolute atomic E-state index is 0.0537. The van der Waals surface area contributed by atoms with Crippen LogP contribution in [0.5, 0.6) is 5.75 Å². The highest BCUT2D eigenvalue weighted by Gasteiger charge is 2.40. The monoisotopic (exact) mass is 399 g/mol. The minimum atomic E-state index is -0.403. The van der Waals surface area contributed by atoms with Gasteiger partial charge in [-0.05, 0) is 50.7 Å². The average Bonchev–Trinajstić information content (AvgIpc) is 3.07. The number of ether oxygens (including phenoxy) is 1. The summed E-state index contributed by atoms with van der Waals surface area (Å²) in [6.45, 7) is 1.99. The molecule has 2 heterocycles. The molecule has 1 aliphatic carbocycles. The van der Waals surface area contributed by atoms with Gasteiger partial charge in [-0.2, -0.15) is 0 Å². The van der Waals surface area contributed by atoms with Gasteiger partial charge >= 0.3 is 0 Å². The molecule has 2 N–H and O–H groups in total. The molecule has 3 amide bonds. The first-order valence-corrected chi connectivity index (χ1v) is 10.7. The second kappa shape index (κ2) is 8.43. The molecule has 7 heteroatoms. The summed E-state index contributed by atoms with van der Waals surface area (Å²) in [6, 6.07) is 7.49. The van der Waals surface area contributed by atoms with Crippen molar-refractivity contribution in [3.63, 3.8) is 0 Å². The average molecular weight is 399 g/mol. The second-order valence-corrected chi connectivity index (χ2v) is 8.39. The topological polar surface area (TPSA) is 87.7 Å². The van der Waals surface area contributed by atoms with Crippen molar-refractivity contribution in [1.82, 2.24) is 15.5 Å². The quantitative estimate of drug-likeness (QED) is 0.793. The zero-order chi connectivity index (χ0) is 20.3. The summed E-state index contributed by atoms with van der Waals surface area (Å²) in [6.07, 6.45) is 5.96. The Hall–Kier alpha value is -2.57. The minimum Gasteiger partial charge on any atom is -0.485 e. The predicted octanol–water partition coefficient (Wildman–Crippen LogP) is 2.01. The second-order valence-electron chi connectivity index (χ2n) is 8.39. The molecule has 2 fully saturated rings. The first kappa shape index (κ1) is 19.7. The van der Waals surface area contributed by atoms with Gasteiger partial charge < -0.3 is 20.3 Å². The molecule has 156 valence electrons. The molecule has 0 radical (unpaired) electrons. The molecular weight excluding hydrogens is 370 g/mol. The van der Waals surface area contributed by atoms with Gasteiger partial charge in [0.2, 0.25) is 11.8 Å². The number of rotatable bonds is 5. The maximum atomic E-state index is 12.3. The molecule has 1 aromatic rings. The van der Waals surface area contributed by atoms with E-state index in [0.717, 1.165) is 38.6 Å². The van der Waals surface area contributed by atoms with Crippen molar-refractivity contribution >= 4 is 17.7 Å². The predicted molar refractivity (Wildman–Crippen MR) is 108 cm³/mol. The Morgan fingerprint density at radius 2 is 2.03 bits per heavy atom. The van der Waals surface area contributed by atoms with E-state index in [2.05, 4.69) is 10.6 Å². The number of fused-ring (bicyclic) bond motifs is 1. The summed E-state index contributed by atoms with van der Waals surface area (Å²) < 4.78 is 6.31. The van der Waals surface area contributed by atoms with Crippen LogP contribution in [-0.2, 0) is 9.59 Å². The number of para-hydroxylation sites is 1.